The minimum atomic E-state index is -0.481. The van der Waals surface area contributed by atoms with Crippen LogP contribution >= 0.6 is 0 Å². The van der Waals surface area contributed by atoms with Gasteiger partial charge in [0.1, 0.15) is 6.04 Å². The van der Waals surface area contributed by atoms with Crippen LogP contribution in [-0.2, 0) is 16.0 Å². The Morgan fingerprint density at radius 3 is 2.32 bits per heavy atom. The van der Waals surface area contributed by atoms with Gasteiger partial charge in [0, 0.05) is 25.9 Å². The second-order valence-corrected chi connectivity index (χ2v) is 8.56. The second-order valence-electron chi connectivity index (χ2n) is 8.56. The third-order valence-corrected chi connectivity index (χ3v) is 4.70. The first-order valence-electron chi connectivity index (χ1n) is 9.37. The number of carbonyl (C=O) groups is 2. The number of benzene rings is 1. The fraction of sp³-hybridized carbons (Fsp3) is 0.619. The van der Waals surface area contributed by atoms with E-state index in [9.17, 15) is 9.59 Å². The number of amides is 2. The summed E-state index contributed by atoms with van der Waals surface area (Å²) < 4.78 is 0. The molecule has 0 radical (unpaired) electrons. The van der Waals surface area contributed by atoms with E-state index in [1.807, 2.05) is 56.0 Å². The molecule has 0 bridgehead atoms. The lowest BCUT2D eigenvalue weighted by Gasteiger charge is -2.33. The van der Waals surface area contributed by atoms with Gasteiger partial charge in [-0.15, -0.1) is 0 Å². The van der Waals surface area contributed by atoms with Gasteiger partial charge in [0.2, 0.25) is 11.8 Å². The molecule has 1 saturated heterocycles. The molecular weight excluding hydrogens is 312 g/mol. The van der Waals surface area contributed by atoms with Crippen LogP contribution in [0, 0.1) is 11.3 Å². The summed E-state index contributed by atoms with van der Waals surface area (Å²) in [4.78, 5) is 27.4. The highest BCUT2D eigenvalue weighted by atomic mass is 16.2. The van der Waals surface area contributed by atoms with Crippen molar-refractivity contribution in [2.75, 3.05) is 13.1 Å². The van der Waals surface area contributed by atoms with Gasteiger partial charge in [-0.2, -0.15) is 0 Å². The summed E-state index contributed by atoms with van der Waals surface area (Å²) in [6.07, 6.45) is 3.05. The number of rotatable bonds is 5. The molecule has 4 heteroatoms. The largest absolute Gasteiger partial charge is 0.344 e. The standard InChI is InChI=1S/C21H32N2O2/c1-16-10-12-23(13-11-16)20(25)18(14-17-8-6-5-7-9-17)22-19(24)15-21(2,3)4/h5-9,16,18H,10-15H2,1-4H3,(H,22,24). The van der Waals surface area contributed by atoms with Crippen molar-refractivity contribution in [1.82, 2.24) is 10.2 Å². The fourth-order valence-electron chi connectivity index (χ4n) is 3.23. The molecule has 1 heterocycles. The van der Waals surface area contributed by atoms with E-state index in [1.165, 1.54) is 0 Å². The van der Waals surface area contributed by atoms with Crippen molar-refractivity contribution in [2.45, 2.75) is 59.4 Å². The van der Waals surface area contributed by atoms with Gasteiger partial charge in [0.25, 0.3) is 0 Å². The van der Waals surface area contributed by atoms with E-state index in [-0.39, 0.29) is 17.2 Å². The number of hydrogen-bond donors (Lipinski definition) is 1. The van der Waals surface area contributed by atoms with Gasteiger partial charge in [-0.05, 0) is 29.7 Å². The fourth-order valence-corrected chi connectivity index (χ4v) is 3.23. The van der Waals surface area contributed by atoms with Crippen LogP contribution in [0.4, 0.5) is 0 Å². The molecule has 1 unspecified atom stereocenters. The van der Waals surface area contributed by atoms with Crippen LogP contribution in [0.5, 0.6) is 0 Å². The molecule has 0 aliphatic carbocycles. The molecule has 1 aliphatic heterocycles. The van der Waals surface area contributed by atoms with Crippen LogP contribution in [0.15, 0.2) is 30.3 Å². The zero-order valence-electron chi connectivity index (χ0n) is 16.0. The molecule has 1 aromatic carbocycles. The third kappa shape index (κ3) is 6.52. The SMILES string of the molecule is CC1CCN(C(=O)C(Cc2ccccc2)NC(=O)CC(C)(C)C)CC1. The van der Waals surface area contributed by atoms with Crippen molar-refractivity contribution in [3.63, 3.8) is 0 Å². The molecule has 0 aromatic heterocycles. The summed E-state index contributed by atoms with van der Waals surface area (Å²) in [5.41, 5.74) is 0.979. The van der Waals surface area contributed by atoms with E-state index in [0.29, 0.717) is 18.8 Å². The summed E-state index contributed by atoms with van der Waals surface area (Å²) in [6, 6.07) is 9.44. The maximum Gasteiger partial charge on any atom is 0.245 e. The predicted octanol–water partition coefficient (Wildman–Crippen LogP) is 3.41. The monoisotopic (exact) mass is 344 g/mol. The quantitative estimate of drug-likeness (QED) is 0.890. The number of hydrogen-bond acceptors (Lipinski definition) is 2. The Labute approximate surface area is 152 Å². The highest BCUT2D eigenvalue weighted by Gasteiger charge is 2.29. The molecular formula is C21H32N2O2. The van der Waals surface area contributed by atoms with Crippen molar-refractivity contribution in [2.24, 2.45) is 11.3 Å². The molecule has 1 aliphatic rings. The van der Waals surface area contributed by atoms with E-state index < -0.39 is 6.04 Å². The molecule has 2 rings (SSSR count). The van der Waals surface area contributed by atoms with E-state index >= 15 is 0 Å². The minimum Gasteiger partial charge on any atom is -0.344 e. The summed E-state index contributed by atoms with van der Waals surface area (Å²) in [5, 5.41) is 3.00. The molecule has 0 saturated carbocycles. The van der Waals surface area contributed by atoms with Crippen LogP contribution in [0.1, 0.15) is 52.5 Å². The van der Waals surface area contributed by atoms with E-state index in [1.54, 1.807) is 0 Å². The van der Waals surface area contributed by atoms with Crippen LogP contribution in [0.2, 0.25) is 0 Å². The zero-order chi connectivity index (χ0) is 18.4. The van der Waals surface area contributed by atoms with Crippen molar-refractivity contribution in [3.05, 3.63) is 35.9 Å². The first-order chi connectivity index (χ1) is 11.7. The van der Waals surface area contributed by atoms with Gasteiger partial charge in [-0.1, -0.05) is 58.0 Å². The van der Waals surface area contributed by atoms with E-state index in [0.717, 1.165) is 31.5 Å². The lowest BCUT2D eigenvalue weighted by molar-refractivity contribution is -0.138. The first kappa shape index (κ1) is 19.5. The van der Waals surface area contributed by atoms with Crippen LogP contribution in [0.3, 0.4) is 0 Å². The Bertz CT molecular complexity index is 569. The minimum absolute atomic E-state index is 0.0489. The van der Waals surface area contributed by atoms with Gasteiger partial charge in [0.05, 0.1) is 0 Å². The molecule has 4 nitrogen and oxygen atoms in total. The van der Waals surface area contributed by atoms with Crippen molar-refractivity contribution < 1.29 is 9.59 Å². The Kier molecular flexibility index (Phi) is 6.63. The highest BCUT2D eigenvalue weighted by molar-refractivity contribution is 5.88. The second kappa shape index (κ2) is 8.50. The average Bonchev–Trinajstić information content (AvgIpc) is 2.53. The molecule has 1 aromatic rings. The summed E-state index contributed by atoms with van der Waals surface area (Å²) in [5.74, 6) is 0.678. The van der Waals surface area contributed by atoms with Crippen molar-refractivity contribution >= 4 is 11.8 Å². The van der Waals surface area contributed by atoms with E-state index in [4.69, 9.17) is 0 Å². The molecule has 25 heavy (non-hydrogen) atoms. The van der Waals surface area contributed by atoms with Gasteiger partial charge >= 0.3 is 0 Å². The maximum atomic E-state index is 13.0. The number of carbonyl (C=O) groups excluding carboxylic acids is 2. The lowest BCUT2D eigenvalue weighted by atomic mass is 9.91. The lowest BCUT2D eigenvalue weighted by Crippen LogP contribution is -2.52. The first-order valence-corrected chi connectivity index (χ1v) is 9.37. The Balaban J connectivity index is 2.08. The Morgan fingerprint density at radius 2 is 1.76 bits per heavy atom. The molecule has 1 atom stereocenters. The highest BCUT2D eigenvalue weighted by Crippen LogP contribution is 2.20. The number of piperidine rings is 1. The van der Waals surface area contributed by atoms with Crippen LogP contribution in [0.25, 0.3) is 0 Å². The molecule has 0 spiro atoms. The third-order valence-electron chi connectivity index (χ3n) is 4.70. The summed E-state index contributed by atoms with van der Waals surface area (Å²) in [7, 11) is 0. The number of nitrogens with zero attached hydrogens (tertiary/aromatic N) is 1. The summed E-state index contributed by atoms with van der Waals surface area (Å²) >= 11 is 0. The number of nitrogens with one attached hydrogen (secondary N) is 1. The van der Waals surface area contributed by atoms with Gasteiger partial charge in [-0.25, -0.2) is 0 Å². The average molecular weight is 344 g/mol. The topological polar surface area (TPSA) is 49.4 Å². The molecule has 138 valence electrons. The number of likely N-dealkylation sites (tertiary alicyclic amines) is 1. The predicted molar refractivity (Wildman–Crippen MR) is 101 cm³/mol. The van der Waals surface area contributed by atoms with Crippen LogP contribution < -0.4 is 5.32 Å². The van der Waals surface area contributed by atoms with E-state index in [2.05, 4.69) is 12.2 Å². The van der Waals surface area contributed by atoms with Gasteiger partial charge in [-0.3, -0.25) is 9.59 Å². The van der Waals surface area contributed by atoms with Crippen LogP contribution in [-0.4, -0.2) is 35.8 Å². The van der Waals surface area contributed by atoms with Gasteiger partial charge in [0.15, 0.2) is 0 Å². The molecule has 1 N–H and O–H groups in total. The zero-order valence-corrected chi connectivity index (χ0v) is 16.0. The Hall–Kier alpha value is -1.84. The molecule has 1 fully saturated rings. The smallest absolute Gasteiger partial charge is 0.245 e. The Morgan fingerprint density at radius 1 is 1.16 bits per heavy atom. The van der Waals surface area contributed by atoms with Gasteiger partial charge < -0.3 is 10.2 Å². The normalized spacial score (nSPS) is 17.2. The molecule has 2 amide bonds. The maximum absolute atomic E-state index is 13.0. The van der Waals surface area contributed by atoms with Crippen molar-refractivity contribution in [1.29, 1.82) is 0 Å². The van der Waals surface area contributed by atoms with Crippen molar-refractivity contribution in [3.8, 4) is 0 Å². The summed E-state index contributed by atoms with van der Waals surface area (Å²) in [6.45, 7) is 9.92.